The minimum absolute atomic E-state index is 0.139. The van der Waals surface area contributed by atoms with Gasteiger partial charge in [-0.1, -0.05) is 6.07 Å². The maximum Gasteiger partial charge on any atom is 0.246 e. The number of furan rings is 1. The van der Waals surface area contributed by atoms with Gasteiger partial charge in [0.15, 0.2) is 21.3 Å². The van der Waals surface area contributed by atoms with E-state index in [4.69, 9.17) is 13.9 Å². The number of hydrogen-bond acceptors (Lipinski definition) is 6. The summed E-state index contributed by atoms with van der Waals surface area (Å²) in [7, 11) is -3.37. The number of fused-ring (bicyclic) bond motifs is 1. The molecule has 7 nitrogen and oxygen atoms in total. The number of carbonyl (C=O) groups is 1. The molecule has 0 saturated carbocycles. The van der Waals surface area contributed by atoms with Gasteiger partial charge in [0.2, 0.25) is 12.7 Å². The van der Waals surface area contributed by atoms with Crippen molar-refractivity contribution in [1.29, 1.82) is 0 Å². The Labute approximate surface area is 157 Å². The second-order valence-electron chi connectivity index (χ2n) is 6.53. The van der Waals surface area contributed by atoms with E-state index in [1.54, 1.807) is 35.2 Å². The molecule has 1 saturated heterocycles. The number of sulfone groups is 1. The van der Waals surface area contributed by atoms with Crippen LogP contribution in [0.3, 0.4) is 0 Å². The zero-order chi connectivity index (χ0) is 18.9. The van der Waals surface area contributed by atoms with Gasteiger partial charge < -0.3 is 18.8 Å². The smallest absolute Gasteiger partial charge is 0.246 e. The van der Waals surface area contributed by atoms with Gasteiger partial charge in [-0.05, 0) is 42.3 Å². The van der Waals surface area contributed by atoms with Crippen molar-refractivity contribution >= 4 is 21.8 Å². The monoisotopic (exact) mass is 389 g/mol. The lowest BCUT2D eigenvalue weighted by atomic mass is 10.2. The fourth-order valence-electron chi connectivity index (χ4n) is 3.22. The highest BCUT2D eigenvalue weighted by Gasteiger charge is 2.35. The van der Waals surface area contributed by atoms with E-state index in [9.17, 15) is 13.2 Å². The number of rotatable bonds is 5. The topological polar surface area (TPSA) is 86.0 Å². The second kappa shape index (κ2) is 7.11. The van der Waals surface area contributed by atoms with Crippen molar-refractivity contribution in [2.75, 3.05) is 19.9 Å². The zero-order valence-electron chi connectivity index (χ0n) is 14.5. The van der Waals surface area contributed by atoms with E-state index in [2.05, 4.69) is 0 Å². The predicted octanol–water partition coefficient (Wildman–Crippen LogP) is 2.24. The van der Waals surface area contributed by atoms with Crippen molar-refractivity contribution in [3.63, 3.8) is 0 Å². The lowest BCUT2D eigenvalue weighted by Gasteiger charge is -2.14. The van der Waals surface area contributed by atoms with Crippen molar-refractivity contribution in [3.05, 3.63) is 54.0 Å². The third kappa shape index (κ3) is 3.85. The highest BCUT2D eigenvalue weighted by Crippen LogP contribution is 2.32. The van der Waals surface area contributed by atoms with Gasteiger partial charge in [-0.2, -0.15) is 0 Å². The fourth-order valence-corrected chi connectivity index (χ4v) is 4.89. The minimum Gasteiger partial charge on any atom is -0.468 e. The van der Waals surface area contributed by atoms with Crippen LogP contribution in [0.4, 0.5) is 0 Å². The maximum absolute atomic E-state index is 12.5. The predicted molar refractivity (Wildman–Crippen MR) is 97.9 cm³/mol. The van der Waals surface area contributed by atoms with E-state index < -0.39 is 15.1 Å². The van der Waals surface area contributed by atoms with Crippen molar-refractivity contribution in [2.45, 2.75) is 17.4 Å². The molecule has 0 spiro atoms. The van der Waals surface area contributed by atoms with Crippen LogP contribution in [0.5, 0.6) is 11.5 Å². The molecule has 142 valence electrons. The average Bonchev–Trinajstić information content (AvgIpc) is 3.39. The molecule has 0 bridgehead atoms. The number of amides is 1. The van der Waals surface area contributed by atoms with Gasteiger partial charge in [0.05, 0.1) is 11.5 Å². The first-order valence-electron chi connectivity index (χ1n) is 8.62. The second-order valence-corrected chi connectivity index (χ2v) is 8.81. The number of benzene rings is 1. The molecule has 8 heteroatoms. The summed E-state index contributed by atoms with van der Waals surface area (Å²) >= 11 is 0. The molecule has 0 N–H and O–H groups in total. The van der Waals surface area contributed by atoms with Crippen LogP contribution in [0.25, 0.3) is 6.08 Å². The summed E-state index contributed by atoms with van der Waals surface area (Å²) in [5.41, 5.74) is 0.814. The highest BCUT2D eigenvalue weighted by atomic mass is 32.2. The molecule has 1 aromatic carbocycles. The van der Waals surface area contributed by atoms with Crippen LogP contribution in [-0.2, 0) is 20.4 Å². The van der Waals surface area contributed by atoms with Crippen molar-refractivity contribution in [2.24, 2.45) is 0 Å². The summed E-state index contributed by atoms with van der Waals surface area (Å²) < 4.78 is 40.7. The quantitative estimate of drug-likeness (QED) is 0.729. The first-order chi connectivity index (χ1) is 13.0. The summed E-state index contributed by atoms with van der Waals surface area (Å²) in [4.78, 5) is 14.0. The van der Waals surface area contributed by atoms with Crippen LogP contribution in [0.1, 0.15) is 17.7 Å². The van der Waals surface area contributed by atoms with E-state index in [1.165, 1.54) is 12.3 Å². The van der Waals surface area contributed by atoms with Gasteiger partial charge in [-0.15, -0.1) is 0 Å². The Morgan fingerprint density at radius 3 is 2.89 bits per heavy atom. The molecule has 27 heavy (non-hydrogen) atoms. The SMILES string of the molecule is O=C(C=Cc1ccc2c(c1)OCO2)N1CCC(S(=O)(=O)Cc2ccco2)C1. The third-order valence-corrected chi connectivity index (χ3v) is 6.79. The summed E-state index contributed by atoms with van der Waals surface area (Å²) in [6.07, 6.45) is 5.04. The van der Waals surface area contributed by atoms with E-state index in [1.807, 2.05) is 6.07 Å². The van der Waals surface area contributed by atoms with Gasteiger partial charge in [-0.3, -0.25) is 4.79 Å². The van der Waals surface area contributed by atoms with Gasteiger partial charge >= 0.3 is 0 Å². The number of carbonyl (C=O) groups excluding carboxylic acids is 1. The highest BCUT2D eigenvalue weighted by molar-refractivity contribution is 7.91. The minimum atomic E-state index is -3.37. The molecular formula is C19H19NO6S. The standard InChI is InChI=1S/C19H19NO6S/c21-19(6-4-14-3-5-17-18(10-14)26-13-25-17)20-8-7-16(11-20)27(22,23)12-15-2-1-9-24-15/h1-6,9-10,16H,7-8,11-13H2. The molecule has 3 heterocycles. The summed E-state index contributed by atoms with van der Waals surface area (Å²) in [6.45, 7) is 0.822. The Hall–Kier alpha value is -2.74. The van der Waals surface area contributed by atoms with Crippen LogP contribution in [0, 0.1) is 0 Å². The molecule has 0 radical (unpaired) electrons. The van der Waals surface area contributed by atoms with E-state index in [-0.39, 0.29) is 25.0 Å². The molecule has 1 amide bonds. The van der Waals surface area contributed by atoms with Crippen LogP contribution < -0.4 is 9.47 Å². The molecule has 2 aromatic rings. The first kappa shape index (κ1) is 17.7. The number of hydrogen-bond donors (Lipinski definition) is 0. The summed E-state index contributed by atoms with van der Waals surface area (Å²) in [5, 5.41) is -0.564. The van der Waals surface area contributed by atoms with E-state index >= 15 is 0 Å². The Morgan fingerprint density at radius 1 is 1.22 bits per heavy atom. The van der Waals surface area contributed by atoms with E-state index in [0.717, 1.165) is 5.56 Å². The van der Waals surface area contributed by atoms with Crippen molar-refractivity contribution in [3.8, 4) is 11.5 Å². The van der Waals surface area contributed by atoms with Crippen molar-refractivity contribution < 1.29 is 27.1 Å². The largest absolute Gasteiger partial charge is 0.468 e. The molecule has 2 aliphatic heterocycles. The Morgan fingerprint density at radius 2 is 2.07 bits per heavy atom. The molecule has 1 unspecified atom stereocenters. The van der Waals surface area contributed by atoms with Gasteiger partial charge in [0.1, 0.15) is 11.5 Å². The van der Waals surface area contributed by atoms with Crippen LogP contribution in [0.15, 0.2) is 47.1 Å². The fraction of sp³-hybridized carbons (Fsp3) is 0.316. The number of ether oxygens (including phenoxy) is 2. The molecule has 1 aromatic heterocycles. The third-order valence-electron chi connectivity index (χ3n) is 4.70. The lowest BCUT2D eigenvalue weighted by Crippen LogP contribution is -2.31. The summed E-state index contributed by atoms with van der Waals surface area (Å²) in [6, 6.07) is 8.73. The average molecular weight is 389 g/mol. The Bertz CT molecular complexity index is 964. The van der Waals surface area contributed by atoms with Crippen molar-refractivity contribution in [1.82, 2.24) is 4.90 Å². The Balaban J connectivity index is 1.37. The first-order valence-corrected chi connectivity index (χ1v) is 10.3. The van der Waals surface area contributed by atoms with Crippen LogP contribution in [0.2, 0.25) is 0 Å². The van der Waals surface area contributed by atoms with Gasteiger partial charge in [0.25, 0.3) is 0 Å². The zero-order valence-corrected chi connectivity index (χ0v) is 15.4. The normalized spacial score (nSPS) is 19.1. The molecule has 4 rings (SSSR count). The summed E-state index contributed by atoms with van der Waals surface area (Å²) in [5.74, 6) is 1.41. The molecule has 1 atom stereocenters. The maximum atomic E-state index is 12.5. The molecule has 1 fully saturated rings. The van der Waals surface area contributed by atoms with E-state index in [0.29, 0.717) is 30.2 Å². The number of likely N-dealkylation sites (tertiary alicyclic amines) is 1. The van der Waals surface area contributed by atoms with Gasteiger partial charge in [-0.25, -0.2) is 8.42 Å². The number of nitrogens with zero attached hydrogens (tertiary/aromatic N) is 1. The Kier molecular flexibility index (Phi) is 4.65. The molecular weight excluding hydrogens is 370 g/mol. The molecule has 2 aliphatic rings. The van der Waals surface area contributed by atoms with Crippen LogP contribution in [-0.4, -0.2) is 44.4 Å². The lowest BCUT2D eigenvalue weighted by molar-refractivity contribution is -0.124. The van der Waals surface area contributed by atoms with Crippen LogP contribution >= 0.6 is 0 Å². The van der Waals surface area contributed by atoms with Gasteiger partial charge in [0, 0.05) is 19.2 Å². The molecule has 0 aliphatic carbocycles.